The molecule has 0 atom stereocenters. The first-order valence-corrected chi connectivity index (χ1v) is 8.63. The molecule has 1 aliphatic heterocycles. The van der Waals surface area contributed by atoms with Crippen LogP contribution in [0.3, 0.4) is 0 Å². The van der Waals surface area contributed by atoms with Gasteiger partial charge in [0.25, 0.3) is 0 Å². The molecular formula is C18H23N3OS. The van der Waals surface area contributed by atoms with Crippen LogP contribution in [0.5, 0.6) is 0 Å². The monoisotopic (exact) mass is 329 g/mol. The highest BCUT2D eigenvalue weighted by Crippen LogP contribution is 2.31. The van der Waals surface area contributed by atoms with Gasteiger partial charge < -0.3 is 4.90 Å². The average Bonchev–Trinajstić information content (AvgIpc) is 2.83. The molecule has 1 aromatic carbocycles. The van der Waals surface area contributed by atoms with E-state index in [0.29, 0.717) is 18.7 Å². The second-order valence-corrected chi connectivity index (χ2v) is 7.38. The third-order valence-corrected chi connectivity index (χ3v) is 4.48. The topological polar surface area (TPSA) is 38.1 Å². The number of rotatable bonds is 3. The molecule has 0 aliphatic carbocycles. The lowest BCUT2D eigenvalue weighted by Gasteiger charge is -2.29. The SMILES string of the molecule is CC1(C)Cc2c(cnn2-c2ccccc2)CN(C(=O)CCS)C1. The quantitative estimate of drug-likeness (QED) is 0.879. The Hall–Kier alpha value is -1.75. The smallest absolute Gasteiger partial charge is 0.223 e. The van der Waals surface area contributed by atoms with E-state index in [4.69, 9.17) is 0 Å². The van der Waals surface area contributed by atoms with Gasteiger partial charge >= 0.3 is 0 Å². The first kappa shape index (κ1) is 16.1. The fraction of sp³-hybridized carbons (Fsp3) is 0.444. The summed E-state index contributed by atoms with van der Waals surface area (Å²) in [6.45, 7) is 5.83. The van der Waals surface area contributed by atoms with Crippen molar-refractivity contribution < 1.29 is 4.79 Å². The molecule has 1 aromatic heterocycles. The molecule has 2 heterocycles. The summed E-state index contributed by atoms with van der Waals surface area (Å²) in [6.07, 6.45) is 3.30. The predicted molar refractivity (Wildman–Crippen MR) is 94.9 cm³/mol. The Labute approximate surface area is 142 Å². The van der Waals surface area contributed by atoms with Crippen molar-refractivity contribution in [1.29, 1.82) is 0 Å². The van der Waals surface area contributed by atoms with Gasteiger partial charge in [-0.15, -0.1) is 0 Å². The molecule has 4 nitrogen and oxygen atoms in total. The molecular weight excluding hydrogens is 306 g/mol. The van der Waals surface area contributed by atoms with E-state index in [9.17, 15) is 4.79 Å². The number of fused-ring (bicyclic) bond motifs is 1. The highest BCUT2D eigenvalue weighted by Gasteiger charge is 2.32. The number of para-hydroxylation sites is 1. The summed E-state index contributed by atoms with van der Waals surface area (Å²) >= 11 is 4.19. The van der Waals surface area contributed by atoms with E-state index in [-0.39, 0.29) is 11.3 Å². The van der Waals surface area contributed by atoms with Gasteiger partial charge in [-0.3, -0.25) is 4.79 Å². The Kier molecular flexibility index (Phi) is 4.48. The highest BCUT2D eigenvalue weighted by atomic mass is 32.1. The number of nitrogens with zero attached hydrogens (tertiary/aromatic N) is 3. The first-order valence-electron chi connectivity index (χ1n) is 8.00. The molecule has 0 saturated carbocycles. The molecule has 3 rings (SSSR count). The molecule has 0 spiro atoms. The number of benzene rings is 1. The summed E-state index contributed by atoms with van der Waals surface area (Å²) < 4.78 is 2.02. The Balaban J connectivity index is 1.98. The molecule has 122 valence electrons. The third kappa shape index (κ3) is 3.44. The van der Waals surface area contributed by atoms with Crippen LogP contribution in [0.4, 0.5) is 0 Å². The van der Waals surface area contributed by atoms with Crippen LogP contribution in [0.15, 0.2) is 36.5 Å². The number of hydrogen-bond acceptors (Lipinski definition) is 3. The number of hydrogen-bond donors (Lipinski definition) is 1. The van der Waals surface area contributed by atoms with Crippen LogP contribution in [-0.4, -0.2) is 32.9 Å². The van der Waals surface area contributed by atoms with Gasteiger partial charge in [-0.25, -0.2) is 4.68 Å². The van der Waals surface area contributed by atoms with Crippen molar-refractivity contribution in [2.45, 2.75) is 33.2 Å². The van der Waals surface area contributed by atoms with E-state index < -0.39 is 0 Å². The van der Waals surface area contributed by atoms with Gasteiger partial charge in [-0.2, -0.15) is 17.7 Å². The second kappa shape index (κ2) is 6.40. The Morgan fingerprint density at radius 1 is 1.30 bits per heavy atom. The summed E-state index contributed by atoms with van der Waals surface area (Å²) in [5, 5.41) is 4.58. The van der Waals surface area contributed by atoms with Gasteiger partial charge in [0.2, 0.25) is 5.91 Å². The van der Waals surface area contributed by atoms with E-state index in [2.05, 4.69) is 43.7 Å². The van der Waals surface area contributed by atoms with Crippen molar-refractivity contribution in [3.8, 4) is 5.69 Å². The molecule has 0 radical (unpaired) electrons. The van der Waals surface area contributed by atoms with Crippen LogP contribution in [0.25, 0.3) is 5.69 Å². The summed E-state index contributed by atoms with van der Waals surface area (Å²) in [4.78, 5) is 14.3. The lowest BCUT2D eigenvalue weighted by Crippen LogP contribution is -2.37. The lowest BCUT2D eigenvalue weighted by molar-refractivity contribution is -0.132. The Morgan fingerprint density at radius 3 is 2.74 bits per heavy atom. The largest absolute Gasteiger partial charge is 0.338 e. The molecule has 0 fully saturated rings. The lowest BCUT2D eigenvalue weighted by atomic mass is 9.87. The van der Waals surface area contributed by atoms with Crippen molar-refractivity contribution in [2.24, 2.45) is 5.41 Å². The van der Waals surface area contributed by atoms with Crippen molar-refractivity contribution in [3.05, 3.63) is 47.8 Å². The van der Waals surface area contributed by atoms with Crippen molar-refractivity contribution in [1.82, 2.24) is 14.7 Å². The predicted octanol–water partition coefficient (Wildman–Crippen LogP) is 3.10. The molecule has 0 N–H and O–H groups in total. The van der Waals surface area contributed by atoms with Crippen LogP contribution in [0, 0.1) is 5.41 Å². The molecule has 2 aromatic rings. The summed E-state index contributed by atoms with van der Waals surface area (Å²) in [7, 11) is 0. The number of carbonyl (C=O) groups is 1. The van der Waals surface area contributed by atoms with Crippen LogP contribution < -0.4 is 0 Å². The normalized spacial score (nSPS) is 16.7. The number of aromatic nitrogens is 2. The van der Waals surface area contributed by atoms with E-state index in [1.165, 1.54) is 5.69 Å². The second-order valence-electron chi connectivity index (χ2n) is 6.93. The van der Waals surface area contributed by atoms with Crippen LogP contribution in [0.1, 0.15) is 31.5 Å². The molecule has 0 saturated heterocycles. The standard InChI is InChI=1S/C18H23N3OS/c1-18(2)10-16-14(12-20(13-18)17(22)8-9-23)11-19-21(16)15-6-4-3-5-7-15/h3-7,11,23H,8-10,12-13H2,1-2H3. The number of carbonyl (C=O) groups excluding carboxylic acids is 1. The van der Waals surface area contributed by atoms with Gasteiger partial charge in [0.05, 0.1) is 11.9 Å². The number of thiol groups is 1. The minimum Gasteiger partial charge on any atom is -0.338 e. The highest BCUT2D eigenvalue weighted by molar-refractivity contribution is 7.80. The van der Waals surface area contributed by atoms with Crippen LogP contribution in [0.2, 0.25) is 0 Å². The maximum atomic E-state index is 12.4. The van der Waals surface area contributed by atoms with Crippen molar-refractivity contribution in [3.63, 3.8) is 0 Å². The van der Waals surface area contributed by atoms with Gasteiger partial charge in [-0.1, -0.05) is 32.0 Å². The van der Waals surface area contributed by atoms with Crippen molar-refractivity contribution in [2.75, 3.05) is 12.3 Å². The average molecular weight is 329 g/mol. The molecule has 0 unspecified atom stereocenters. The summed E-state index contributed by atoms with van der Waals surface area (Å²) in [5.74, 6) is 0.764. The zero-order valence-corrected chi connectivity index (χ0v) is 14.6. The molecule has 1 aliphatic rings. The number of amides is 1. The van der Waals surface area contributed by atoms with Crippen LogP contribution >= 0.6 is 12.6 Å². The van der Waals surface area contributed by atoms with Crippen LogP contribution in [-0.2, 0) is 17.8 Å². The Bertz CT molecular complexity index is 694. The fourth-order valence-corrected chi connectivity index (χ4v) is 3.43. The molecule has 0 bridgehead atoms. The first-order chi connectivity index (χ1) is 11.0. The van der Waals surface area contributed by atoms with Gasteiger partial charge in [0.15, 0.2) is 0 Å². The maximum Gasteiger partial charge on any atom is 0.223 e. The van der Waals surface area contributed by atoms with E-state index in [0.717, 1.165) is 24.2 Å². The molecule has 5 heteroatoms. The fourth-order valence-electron chi connectivity index (χ4n) is 3.24. The summed E-state index contributed by atoms with van der Waals surface area (Å²) in [6, 6.07) is 10.2. The zero-order chi connectivity index (χ0) is 16.4. The van der Waals surface area contributed by atoms with E-state index in [1.807, 2.05) is 34.0 Å². The zero-order valence-electron chi connectivity index (χ0n) is 13.7. The summed E-state index contributed by atoms with van der Waals surface area (Å²) in [5.41, 5.74) is 3.44. The van der Waals surface area contributed by atoms with Gasteiger partial charge in [0.1, 0.15) is 0 Å². The van der Waals surface area contributed by atoms with Gasteiger partial charge in [-0.05, 0) is 29.7 Å². The third-order valence-electron chi connectivity index (χ3n) is 4.26. The van der Waals surface area contributed by atoms with Gasteiger partial charge in [0, 0.05) is 30.8 Å². The molecule has 1 amide bonds. The minimum atomic E-state index is 0.0179. The minimum absolute atomic E-state index is 0.0179. The molecule has 23 heavy (non-hydrogen) atoms. The van der Waals surface area contributed by atoms with E-state index in [1.54, 1.807) is 0 Å². The maximum absolute atomic E-state index is 12.4. The Morgan fingerprint density at radius 2 is 2.04 bits per heavy atom. The van der Waals surface area contributed by atoms with E-state index >= 15 is 0 Å². The van der Waals surface area contributed by atoms with Crippen molar-refractivity contribution >= 4 is 18.5 Å².